The Bertz CT molecular complexity index is 1910. The number of cyclic esters (lactones) is 1. The van der Waals surface area contributed by atoms with Gasteiger partial charge in [-0.15, -0.1) is 0 Å². The highest BCUT2D eigenvalue weighted by atomic mass is 16.5. The van der Waals surface area contributed by atoms with Crippen LogP contribution in [-0.4, -0.2) is 106 Å². The minimum Gasteiger partial charge on any atom is -0.508 e. The molecule has 0 aromatic heterocycles. The number of primary amides is 1. The smallest absolute Gasteiger partial charge is 0.329 e. The average molecular weight is 876 g/mol. The van der Waals surface area contributed by atoms with Crippen molar-refractivity contribution < 1.29 is 48.2 Å². The molecule has 2 heterocycles. The maximum atomic E-state index is 14.4. The molecule has 344 valence electrons. The number of nitrogens with one attached hydrogen (secondary N) is 5. The number of rotatable bonds is 13. The van der Waals surface area contributed by atoms with Gasteiger partial charge in [-0.05, 0) is 67.7 Å². The van der Waals surface area contributed by atoms with E-state index < -0.39 is 102 Å². The summed E-state index contributed by atoms with van der Waals surface area (Å²) in [5.41, 5.74) is 6.78. The molecule has 4 rings (SSSR count). The summed E-state index contributed by atoms with van der Waals surface area (Å²) in [6, 6.07) is 7.51. The van der Waals surface area contributed by atoms with E-state index in [1.54, 1.807) is 26.0 Å². The number of nitrogens with two attached hydrogens (primary N) is 1. The van der Waals surface area contributed by atoms with E-state index in [1.165, 1.54) is 24.0 Å². The first-order valence-electron chi connectivity index (χ1n) is 22.0. The van der Waals surface area contributed by atoms with E-state index >= 15 is 0 Å². The molecule has 2 aliphatic rings. The Balaban J connectivity index is 1.75. The van der Waals surface area contributed by atoms with Crippen LogP contribution in [0.1, 0.15) is 104 Å². The Morgan fingerprint density at radius 1 is 0.762 bits per heavy atom. The molecule has 8 N–H and O–H groups in total. The molecule has 2 aromatic rings. The molecule has 0 aliphatic carbocycles. The summed E-state index contributed by atoms with van der Waals surface area (Å²) < 4.78 is 6.05. The topological polar surface area (TPSA) is 255 Å². The van der Waals surface area contributed by atoms with Crippen LogP contribution in [0.4, 0.5) is 0 Å². The fourth-order valence-corrected chi connectivity index (χ4v) is 7.76. The summed E-state index contributed by atoms with van der Waals surface area (Å²) in [5.74, 6) is -6.13. The fourth-order valence-electron chi connectivity index (χ4n) is 7.76. The second kappa shape index (κ2) is 24.0. The zero-order chi connectivity index (χ0) is 46.2. The number of carbonyl (C=O) groups is 8. The van der Waals surface area contributed by atoms with Crippen molar-refractivity contribution in [2.24, 2.45) is 17.6 Å². The Morgan fingerprint density at radius 2 is 1.41 bits per heavy atom. The highest BCUT2D eigenvalue weighted by Crippen LogP contribution is 2.22. The largest absolute Gasteiger partial charge is 0.508 e. The number of fused-ring (bicyclic) bond motifs is 1. The van der Waals surface area contributed by atoms with Crippen LogP contribution in [0.15, 0.2) is 54.6 Å². The van der Waals surface area contributed by atoms with Gasteiger partial charge in [-0.2, -0.15) is 0 Å². The minimum atomic E-state index is -1.59. The van der Waals surface area contributed by atoms with Gasteiger partial charge in [0, 0.05) is 19.4 Å². The van der Waals surface area contributed by atoms with E-state index in [1.807, 2.05) is 30.3 Å². The van der Waals surface area contributed by atoms with Crippen LogP contribution in [0, 0.1) is 11.8 Å². The van der Waals surface area contributed by atoms with Crippen molar-refractivity contribution in [2.75, 3.05) is 6.54 Å². The number of benzene rings is 2. The number of unbranched alkanes of at least 4 members (excludes halogenated alkanes) is 2. The number of phenolic OH excluding ortho intramolecular Hbond substituents is 1. The fraction of sp³-hybridized carbons (Fsp3) is 0.565. The third kappa shape index (κ3) is 15.7. The van der Waals surface area contributed by atoms with Crippen LogP contribution >= 0.6 is 0 Å². The SMILES string of the molecule is CC(C)CCCCC[C@H]1CC(=O)N[C@H](Cc2ccccc2)C(=O)N2CCC[C@H]2C(=O)N[C@H](C)C(=O)N[C@@H](C(C)C)C(=O)N[C@@H](CC(N)=O)C(=O)N[C@@H](Cc2ccc(O)cc2)C(=O)O1. The molecular weight excluding hydrogens is 811 g/mol. The van der Waals surface area contributed by atoms with Crippen molar-refractivity contribution in [1.82, 2.24) is 31.5 Å². The number of phenols is 1. The molecule has 63 heavy (non-hydrogen) atoms. The van der Waals surface area contributed by atoms with Gasteiger partial charge < -0.3 is 47.1 Å². The lowest BCUT2D eigenvalue weighted by Gasteiger charge is -2.31. The lowest BCUT2D eigenvalue weighted by molar-refractivity contribution is -0.155. The normalized spacial score (nSPS) is 24.8. The number of aromatic hydroxyl groups is 1. The van der Waals surface area contributed by atoms with Crippen LogP contribution in [-0.2, 0) is 55.9 Å². The Labute approximate surface area is 369 Å². The van der Waals surface area contributed by atoms with Gasteiger partial charge in [0.05, 0.1) is 12.8 Å². The van der Waals surface area contributed by atoms with Gasteiger partial charge >= 0.3 is 5.97 Å². The average Bonchev–Trinajstić information content (AvgIpc) is 3.72. The van der Waals surface area contributed by atoms with E-state index in [0.29, 0.717) is 30.7 Å². The van der Waals surface area contributed by atoms with Crippen molar-refractivity contribution in [2.45, 2.75) is 148 Å². The van der Waals surface area contributed by atoms with Crippen molar-refractivity contribution in [3.8, 4) is 5.75 Å². The van der Waals surface area contributed by atoms with Gasteiger partial charge in [-0.1, -0.05) is 89.4 Å². The van der Waals surface area contributed by atoms with Gasteiger partial charge in [-0.3, -0.25) is 33.6 Å². The third-order valence-corrected chi connectivity index (χ3v) is 11.3. The van der Waals surface area contributed by atoms with Crippen LogP contribution in [0.25, 0.3) is 0 Å². The Morgan fingerprint density at radius 3 is 2.06 bits per heavy atom. The van der Waals surface area contributed by atoms with E-state index in [4.69, 9.17) is 10.5 Å². The van der Waals surface area contributed by atoms with Crippen LogP contribution < -0.4 is 32.3 Å². The monoisotopic (exact) mass is 875 g/mol. The van der Waals surface area contributed by atoms with Gasteiger partial charge in [-0.25, -0.2) is 4.79 Å². The van der Waals surface area contributed by atoms with E-state index in [2.05, 4.69) is 40.4 Å². The number of amides is 7. The molecule has 2 saturated heterocycles. The Kier molecular flexibility index (Phi) is 18.9. The van der Waals surface area contributed by atoms with Gasteiger partial charge in [0.15, 0.2) is 0 Å². The molecule has 17 nitrogen and oxygen atoms in total. The molecule has 0 saturated carbocycles. The lowest BCUT2D eigenvalue weighted by Crippen LogP contribution is -2.60. The summed E-state index contributed by atoms with van der Waals surface area (Å²) in [6.45, 7) is 9.20. The second-order valence-corrected chi connectivity index (χ2v) is 17.4. The molecule has 0 radical (unpaired) electrons. The summed E-state index contributed by atoms with van der Waals surface area (Å²) in [7, 11) is 0. The molecule has 2 aliphatic heterocycles. The predicted molar refractivity (Wildman–Crippen MR) is 233 cm³/mol. The zero-order valence-corrected chi connectivity index (χ0v) is 37.0. The van der Waals surface area contributed by atoms with Gasteiger partial charge in [0.1, 0.15) is 48.1 Å². The van der Waals surface area contributed by atoms with E-state index in [9.17, 15) is 43.5 Å². The minimum absolute atomic E-state index is 0.0337. The first-order chi connectivity index (χ1) is 29.9. The highest BCUT2D eigenvalue weighted by molar-refractivity contribution is 5.98. The number of hydrogen-bond acceptors (Lipinski definition) is 10. The maximum absolute atomic E-state index is 14.4. The van der Waals surface area contributed by atoms with Crippen LogP contribution in [0.5, 0.6) is 5.75 Å². The molecule has 2 fully saturated rings. The summed E-state index contributed by atoms with van der Waals surface area (Å²) in [6.07, 6.45) is 2.33. The molecule has 2 aromatic carbocycles. The number of ether oxygens (including phenoxy) is 1. The van der Waals surface area contributed by atoms with Crippen molar-refractivity contribution in [1.29, 1.82) is 0 Å². The van der Waals surface area contributed by atoms with Crippen molar-refractivity contribution in [3.63, 3.8) is 0 Å². The maximum Gasteiger partial charge on any atom is 0.329 e. The highest BCUT2D eigenvalue weighted by Gasteiger charge is 2.40. The van der Waals surface area contributed by atoms with Crippen molar-refractivity contribution in [3.05, 3.63) is 65.7 Å². The van der Waals surface area contributed by atoms with E-state index in [0.717, 1.165) is 24.8 Å². The molecule has 7 atom stereocenters. The molecule has 17 heteroatoms. The second-order valence-electron chi connectivity index (χ2n) is 17.4. The van der Waals surface area contributed by atoms with Gasteiger partial charge in [0.2, 0.25) is 41.4 Å². The molecule has 0 spiro atoms. The first kappa shape index (κ1) is 49.7. The number of nitrogens with zero attached hydrogens (tertiary/aromatic N) is 1. The Hall–Kier alpha value is -6.00. The molecular formula is C46H65N7O10. The quantitative estimate of drug-likeness (QED) is 0.114. The lowest BCUT2D eigenvalue weighted by atomic mass is 10.0. The summed E-state index contributed by atoms with van der Waals surface area (Å²) >= 11 is 0. The standard InChI is InChI=1S/C46H65N7O10/c1-27(2)13-8-6-11-16-33-25-39(56)49-35(23-30-14-9-7-10-15-30)45(61)53-22-12-17-37(53)43(59)48-29(5)41(57)52-40(28(3)4)44(60)50-34(26-38(47)55)42(58)51-36(46(62)63-33)24-31-18-20-32(54)21-19-31/h7,9-10,14-15,18-21,27-29,33-37,40,54H,6,8,11-13,16-17,22-26H2,1-5H3,(H2,47,55)(H,48,59)(H,49,56)(H,50,60)(H,51,58)(H,52,57)/t29-,33+,34+,35-,36+,37+,40+/m1/s1. The first-order valence-corrected chi connectivity index (χ1v) is 22.0. The third-order valence-electron chi connectivity index (χ3n) is 11.3. The van der Waals surface area contributed by atoms with Crippen molar-refractivity contribution >= 4 is 47.3 Å². The van der Waals surface area contributed by atoms with Crippen LogP contribution in [0.2, 0.25) is 0 Å². The summed E-state index contributed by atoms with van der Waals surface area (Å²) in [4.78, 5) is 111. The van der Waals surface area contributed by atoms with Gasteiger partial charge in [0.25, 0.3) is 0 Å². The zero-order valence-electron chi connectivity index (χ0n) is 37.0. The number of hydrogen-bond donors (Lipinski definition) is 7. The number of esters is 1. The molecule has 0 bridgehead atoms. The molecule has 7 amide bonds. The molecule has 0 unspecified atom stereocenters. The predicted octanol–water partition coefficient (Wildman–Crippen LogP) is 2.07. The van der Waals surface area contributed by atoms with E-state index in [-0.39, 0.29) is 38.0 Å². The van der Waals surface area contributed by atoms with Crippen LogP contribution in [0.3, 0.4) is 0 Å². The summed E-state index contributed by atoms with van der Waals surface area (Å²) in [5, 5.41) is 23.2. The number of carbonyl (C=O) groups excluding carboxylic acids is 8.